The van der Waals surface area contributed by atoms with Gasteiger partial charge in [-0.1, -0.05) is 43.3 Å². The fourth-order valence-corrected chi connectivity index (χ4v) is 3.18. The van der Waals surface area contributed by atoms with E-state index in [1.54, 1.807) is 0 Å². The standard InChI is InChI=1S/C18H25N3S.HI/c1-15(13-17-9-6-12-22-17)14-21-18(19-2)20-11-10-16-7-4-3-5-8-16;/h3-9,12,15H,10-11,13-14H2,1-2H3,(H2,19,20,21);1H. The number of aliphatic imine (C=N–C) groups is 1. The summed E-state index contributed by atoms with van der Waals surface area (Å²) in [5.41, 5.74) is 1.34. The first-order chi connectivity index (χ1) is 10.8. The molecule has 5 heteroatoms. The quantitative estimate of drug-likeness (QED) is 0.386. The van der Waals surface area contributed by atoms with Crippen molar-refractivity contribution in [3.8, 4) is 0 Å². The van der Waals surface area contributed by atoms with Crippen molar-refractivity contribution in [1.29, 1.82) is 0 Å². The molecule has 0 fully saturated rings. The fourth-order valence-electron chi connectivity index (χ4n) is 2.31. The van der Waals surface area contributed by atoms with Crippen molar-refractivity contribution < 1.29 is 0 Å². The van der Waals surface area contributed by atoms with Gasteiger partial charge in [0, 0.05) is 25.0 Å². The van der Waals surface area contributed by atoms with Crippen LogP contribution in [0.1, 0.15) is 17.4 Å². The molecule has 0 aliphatic rings. The van der Waals surface area contributed by atoms with Gasteiger partial charge in [0.15, 0.2) is 5.96 Å². The summed E-state index contributed by atoms with van der Waals surface area (Å²) in [6.07, 6.45) is 2.12. The molecule has 0 aliphatic heterocycles. The summed E-state index contributed by atoms with van der Waals surface area (Å²) in [5.74, 6) is 1.47. The Balaban J connectivity index is 0.00000264. The Morgan fingerprint density at radius 2 is 1.91 bits per heavy atom. The topological polar surface area (TPSA) is 36.4 Å². The summed E-state index contributed by atoms with van der Waals surface area (Å²) >= 11 is 1.83. The lowest BCUT2D eigenvalue weighted by atomic mass is 10.1. The summed E-state index contributed by atoms with van der Waals surface area (Å²) in [7, 11) is 1.82. The molecule has 2 rings (SSSR count). The molecule has 0 saturated heterocycles. The number of hydrogen-bond acceptors (Lipinski definition) is 2. The second-order valence-corrected chi connectivity index (χ2v) is 6.54. The summed E-state index contributed by atoms with van der Waals surface area (Å²) < 4.78 is 0. The van der Waals surface area contributed by atoms with E-state index >= 15 is 0 Å². The van der Waals surface area contributed by atoms with Crippen LogP contribution in [-0.2, 0) is 12.8 Å². The second kappa shape index (κ2) is 11.5. The van der Waals surface area contributed by atoms with Gasteiger partial charge >= 0.3 is 0 Å². The molecule has 0 spiro atoms. The number of halogens is 1. The van der Waals surface area contributed by atoms with Crippen LogP contribution in [0.2, 0.25) is 0 Å². The molecule has 3 nitrogen and oxygen atoms in total. The Bertz CT molecular complexity index is 555. The molecule has 1 aromatic heterocycles. The van der Waals surface area contributed by atoms with Crippen molar-refractivity contribution in [2.24, 2.45) is 10.9 Å². The van der Waals surface area contributed by atoms with E-state index in [0.29, 0.717) is 5.92 Å². The molecule has 2 aromatic rings. The van der Waals surface area contributed by atoms with Gasteiger partial charge in [0.2, 0.25) is 0 Å². The lowest BCUT2D eigenvalue weighted by Crippen LogP contribution is -2.40. The normalized spacial score (nSPS) is 12.3. The van der Waals surface area contributed by atoms with Gasteiger partial charge in [-0.25, -0.2) is 0 Å². The van der Waals surface area contributed by atoms with E-state index in [0.717, 1.165) is 31.9 Å². The van der Waals surface area contributed by atoms with Crippen molar-refractivity contribution in [3.63, 3.8) is 0 Å². The highest BCUT2D eigenvalue weighted by atomic mass is 127. The van der Waals surface area contributed by atoms with E-state index in [1.165, 1.54) is 10.4 Å². The van der Waals surface area contributed by atoms with Gasteiger partial charge in [-0.2, -0.15) is 0 Å². The Morgan fingerprint density at radius 3 is 2.57 bits per heavy atom. The van der Waals surface area contributed by atoms with Crippen LogP contribution >= 0.6 is 35.3 Å². The van der Waals surface area contributed by atoms with Gasteiger partial charge in [-0.15, -0.1) is 35.3 Å². The molecular weight excluding hydrogens is 417 g/mol. The number of guanidine groups is 1. The highest BCUT2D eigenvalue weighted by Crippen LogP contribution is 2.13. The van der Waals surface area contributed by atoms with Crippen molar-refractivity contribution in [3.05, 3.63) is 58.3 Å². The number of nitrogens with zero attached hydrogens (tertiary/aromatic N) is 1. The summed E-state index contributed by atoms with van der Waals surface area (Å²) in [5, 5.41) is 8.92. The highest BCUT2D eigenvalue weighted by Gasteiger charge is 2.06. The molecule has 0 bridgehead atoms. The fraction of sp³-hybridized carbons (Fsp3) is 0.389. The first-order valence-corrected chi connectivity index (χ1v) is 8.66. The molecule has 0 aliphatic carbocycles. The van der Waals surface area contributed by atoms with E-state index < -0.39 is 0 Å². The highest BCUT2D eigenvalue weighted by molar-refractivity contribution is 14.0. The average Bonchev–Trinajstić information content (AvgIpc) is 3.04. The Morgan fingerprint density at radius 1 is 1.13 bits per heavy atom. The lowest BCUT2D eigenvalue weighted by Gasteiger charge is -2.15. The van der Waals surface area contributed by atoms with E-state index in [9.17, 15) is 0 Å². The molecule has 1 atom stereocenters. The van der Waals surface area contributed by atoms with E-state index in [1.807, 2.05) is 24.5 Å². The zero-order valence-corrected chi connectivity index (χ0v) is 16.9. The minimum absolute atomic E-state index is 0. The van der Waals surface area contributed by atoms with E-state index in [2.05, 4.69) is 64.3 Å². The summed E-state index contributed by atoms with van der Waals surface area (Å²) in [4.78, 5) is 5.73. The van der Waals surface area contributed by atoms with Gasteiger partial charge in [0.25, 0.3) is 0 Å². The van der Waals surface area contributed by atoms with Crippen LogP contribution in [0.5, 0.6) is 0 Å². The van der Waals surface area contributed by atoms with Crippen LogP contribution in [0.3, 0.4) is 0 Å². The molecule has 2 N–H and O–H groups in total. The Labute approximate surface area is 160 Å². The maximum atomic E-state index is 4.29. The van der Waals surface area contributed by atoms with Gasteiger partial charge in [0.05, 0.1) is 0 Å². The van der Waals surface area contributed by atoms with Gasteiger partial charge in [-0.05, 0) is 35.8 Å². The zero-order valence-electron chi connectivity index (χ0n) is 13.8. The van der Waals surface area contributed by atoms with Crippen molar-refractivity contribution in [1.82, 2.24) is 10.6 Å². The third-order valence-corrected chi connectivity index (χ3v) is 4.42. The van der Waals surface area contributed by atoms with Crippen LogP contribution in [-0.4, -0.2) is 26.1 Å². The molecular formula is C18H26IN3S. The monoisotopic (exact) mass is 443 g/mol. The number of benzene rings is 1. The molecule has 0 radical (unpaired) electrons. The molecule has 1 unspecified atom stereocenters. The van der Waals surface area contributed by atoms with Gasteiger partial charge in [-0.3, -0.25) is 4.99 Å². The van der Waals surface area contributed by atoms with Crippen LogP contribution < -0.4 is 10.6 Å². The molecule has 23 heavy (non-hydrogen) atoms. The van der Waals surface area contributed by atoms with E-state index in [4.69, 9.17) is 0 Å². The number of hydrogen-bond donors (Lipinski definition) is 2. The first kappa shape index (κ1) is 20.0. The predicted molar refractivity (Wildman–Crippen MR) is 112 cm³/mol. The summed E-state index contributed by atoms with van der Waals surface area (Å²) in [6.45, 7) is 4.09. The van der Waals surface area contributed by atoms with Crippen molar-refractivity contribution in [2.45, 2.75) is 19.8 Å². The minimum Gasteiger partial charge on any atom is -0.356 e. The zero-order chi connectivity index (χ0) is 15.6. The van der Waals surface area contributed by atoms with Crippen LogP contribution in [0.4, 0.5) is 0 Å². The van der Waals surface area contributed by atoms with Crippen LogP contribution in [0.15, 0.2) is 52.8 Å². The lowest BCUT2D eigenvalue weighted by molar-refractivity contribution is 0.562. The largest absolute Gasteiger partial charge is 0.356 e. The molecule has 1 heterocycles. The molecule has 0 amide bonds. The van der Waals surface area contributed by atoms with Crippen molar-refractivity contribution >= 4 is 41.3 Å². The average molecular weight is 443 g/mol. The maximum absolute atomic E-state index is 4.29. The summed E-state index contributed by atoms with van der Waals surface area (Å²) in [6, 6.07) is 14.8. The number of nitrogens with one attached hydrogen (secondary N) is 2. The predicted octanol–water partition coefficient (Wildman–Crippen LogP) is 3.95. The minimum atomic E-state index is 0. The SMILES string of the molecule is CN=C(NCCc1ccccc1)NCC(C)Cc1cccs1.I. The number of rotatable bonds is 7. The second-order valence-electron chi connectivity index (χ2n) is 5.50. The molecule has 1 aromatic carbocycles. The van der Waals surface area contributed by atoms with Crippen LogP contribution in [0.25, 0.3) is 0 Å². The van der Waals surface area contributed by atoms with Crippen molar-refractivity contribution in [2.75, 3.05) is 20.1 Å². The Hall–Kier alpha value is -1.08. The molecule has 0 saturated carbocycles. The smallest absolute Gasteiger partial charge is 0.190 e. The van der Waals surface area contributed by atoms with E-state index in [-0.39, 0.29) is 24.0 Å². The third kappa shape index (κ3) is 7.83. The van der Waals surface area contributed by atoms with Gasteiger partial charge in [0.1, 0.15) is 0 Å². The molecule has 126 valence electrons. The third-order valence-electron chi connectivity index (χ3n) is 3.52. The number of thiophene rings is 1. The van der Waals surface area contributed by atoms with Gasteiger partial charge < -0.3 is 10.6 Å². The first-order valence-electron chi connectivity index (χ1n) is 7.78. The Kier molecular flexibility index (Phi) is 9.94. The van der Waals surface area contributed by atoms with Crippen LogP contribution in [0, 0.1) is 5.92 Å². The maximum Gasteiger partial charge on any atom is 0.190 e.